The number of benzene rings is 2. The van der Waals surface area contributed by atoms with Gasteiger partial charge < -0.3 is 9.47 Å². The van der Waals surface area contributed by atoms with Crippen LogP contribution in [0.3, 0.4) is 0 Å². The number of hydrogen-bond acceptors (Lipinski definition) is 3. The number of amides is 1. The molecular formula is C24H30N4O. The maximum atomic E-state index is 13.2. The van der Waals surface area contributed by atoms with E-state index in [4.69, 9.17) is 4.98 Å². The van der Waals surface area contributed by atoms with Crippen LogP contribution in [-0.2, 0) is 17.9 Å². The number of aromatic nitrogens is 2. The van der Waals surface area contributed by atoms with Crippen LogP contribution in [0.15, 0.2) is 54.6 Å². The lowest BCUT2D eigenvalue weighted by Gasteiger charge is -2.23. The van der Waals surface area contributed by atoms with E-state index in [2.05, 4.69) is 15.5 Å². The van der Waals surface area contributed by atoms with Crippen molar-refractivity contribution in [2.45, 2.75) is 45.7 Å². The minimum Gasteiger partial charge on any atom is -0.317 e. The molecule has 1 aliphatic heterocycles. The highest BCUT2D eigenvalue weighted by molar-refractivity contribution is 5.94. The molecule has 1 aliphatic rings. The van der Waals surface area contributed by atoms with Gasteiger partial charge in [0, 0.05) is 12.2 Å². The first-order valence-corrected chi connectivity index (χ1v) is 10.8. The number of nitrogens with zero attached hydrogens (tertiary/aromatic N) is 4. The van der Waals surface area contributed by atoms with Gasteiger partial charge in [0.1, 0.15) is 12.4 Å². The number of rotatable bonds is 6. The van der Waals surface area contributed by atoms with Crippen molar-refractivity contribution in [1.29, 1.82) is 0 Å². The molecule has 2 aromatic carbocycles. The third-order valence-electron chi connectivity index (χ3n) is 5.78. The number of anilines is 1. The van der Waals surface area contributed by atoms with Gasteiger partial charge in [0.25, 0.3) is 0 Å². The van der Waals surface area contributed by atoms with E-state index >= 15 is 0 Å². The minimum atomic E-state index is 0.0963. The highest BCUT2D eigenvalue weighted by Crippen LogP contribution is 2.21. The van der Waals surface area contributed by atoms with E-state index in [1.54, 1.807) is 0 Å². The normalized spacial score (nSPS) is 15.3. The summed E-state index contributed by atoms with van der Waals surface area (Å²) in [6, 6.07) is 18.1. The topological polar surface area (TPSA) is 41.4 Å². The number of carbonyl (C=O) groups excluding carboxylic acids is 1. The van der Waals surface area contributed by atoms with Crippen molar-refractivity contribution in [3.05, 3.63) is 60.4 Å². The number of likely N-dealkylation sites (tertiary alicyclic amines) is 1. The van der Waals surface area contributed by atoms with Crippen molar-refractivity contribution in [2.75, 3.05) is 24.5 Å². The van der Waals surface area contributed by atoms with Crippen molar-refractivity contribution in [2.24, 2.45) is 0 Å². The van der Waals surface area contributed by atoms with Crippen LogP contribution >= 0.6 is 0 Å². The molecule has 1 amide bonds. The molecule has 1 aromatic heterocycles. The fourth-order valence-corrected chi connectivity index (χ4v) is 4.25. The number of carbonyl (C=O) groups is 1. The molecule has 0 spiro atoms. The Bertz CT molecular complexity index is 942. The standard InChI is InChI=1S/C24H30N4O/c1-2-27(20-12-6-5-7-13-20)24(29)19-28-22-15-9-8-14-21(22)25-23(28)18-26-16-10-3-4-11-17-26/h5-9,12-15H,2-4,10-11,16-19H2,1H3. The lowest BCUT2D eigenvalue weighted by Crippen LogP contribution is -2.34. The van der Waals surface area contributed by atoms with E-state index in [9.17, 15) is 4.79 Å². The van der Waals surface area contributed by atoms with Crippen LogP contribution in [-0.4, -0.2) is 40.0 Å². The second kappa shape index (κ2) is 9.23. The predicted octanol–water partition coefficient (Wildman–Crippen LogP) is 4.47. The van der Waals surface area contributed by atoms with Crippen molar-refractivity contribution in [3.63, 3.8) is 0 Å². The largest absolute Gasteiger partial charge is 0.317 e. The SMILES string of the molecule is CCN(C(=O)Cn1c(CN2CCCCCC2)nc2ccccc21)c1ccccc1. The van der Waals surface area contributed by atoms with Gasteiger partial charge in [-0.1, -0.05) is 43.2 Å². The summed E-state index contributed by atoms with van der Waals surface area (Å²) in [6.07, 6.45) is 5.12. The van der Waals surface area contributed by atoms with Gasteiger partial charge in [-0.25, -0.2) is 4.98 Å². The van der Waals surface area contributed by atoms with Crippen LogP contribution < -0.4 is 4.90 Å². The Morgan fingerprint density at radius 2 is 1.66 bits per heavy atom. The summed E-state index contributed by atoms with van der Waals surface area (Å²) in [5.41, 5.74) is 2.95. The number of imidazole rings is 1. The molecule has 0 saturated carbocycles. The first-order valence-electron chi connectivity index (χ1n) is 10.8. The molecule has 5 heteroatoms. The Morgan fingerprint density at radius 3 is 2.38 bits per heavy atom. The molecule has 152 valence electrons. The van der Waals surface area contributed by atoms with E-state index in [1.165, 1.54) is 25.7 Å². The van der Waals surface area contributed by atoms with E-state index in [-0.39, 0.29) is 5.91 Å². The van der Waals surface area contributed by atoms with Crippen molar-refractivity contribution in [3.8, 4) is 0 Å². The zero-order valence-electron chi connectivity index (χ0n) is 17.3. The Hall–Kier alpha value is -2.66. The molecule has 0 radical (unpaired) electrons. The summed E-state index contributed by atoms with van der Waals surface area (Å²) >= 11 is 0. The van der Waals surface area contributed by atoms with Crippen molar-refractivity contribution < 1.29 is 4.79 Å². The Morgan fingerprint density at radius 1 is 0.966 bits per heavy atom. The van der Waals surface area contributed by atoms with Gasteiger partial charge in [0.05, 0.1) is 17.6 Å². The third kappa shape index (κ3) is 4.51. The molecule has 0 bridgehead atoms. The van der Waals surface area contributed by atoms with Gasteiger partial charge in [-0.05, 0) is 57.1 Å². The smallest absolute Gasteiger partial charge is 0.246 e. The summed E-state index contributed by atoms with van der Waals surface area (Å²) in [5, 5.41) is 0. The average Bonchev–Trinajstić information content (AvgIpc) is 2.90. The molecule has 0 atom stereocenters. The Kier molecular flexibility index (Phi) is 6.25. The van der Waals surface area contributed by atoms with Crippen LogP contribution in [0.5, 0.6) is 0 Å². The lowest BCUT2D eigenvalue weighted by molar-refractivity contribution is -0.119. The fourth-order valence-electron chi connectivity index (χ4n) is 4.25. The predicted molar refractivity (Wildman–Crippen MR) is 118 cm³/mol. The minimum absolute atomic E-state index is 0.0963. The van der Waals surface area contributed by atoms with Gasteiger partial charge in [-0.3, -0.25) is 9.69 Å². The van der Waals surface area contributed by atoms with E-state index in [1.807, 2.05) is 60.4 Å². The molecule has 0 N–H and O–H groups in total. The molecule has 1 fully saturated rings. The highest BCUT2D eigenvalue weighted by atomic mass is 16.2. The van der Waals surface area contributed by atoms with E-state index < -0.39 is 0 Å². The van der Waals surface area contributed by atoms with Crippen LogP contribution in [0.4, 0.5) is 5.69 Å². The summed E-state index contributed by atoms with van der Waals surface area (Å²) in [4.78, 5) is 22.5. The molecular weight excluding hydrogens is 360 g/mol. The zero-order valence-corrected chi connectivity index (χ0v) is 17.3. The maximum absolute atomic E-state index is 13.2. The highest BCUT2D eigenvalue weighted by Gasteiger charge is 2.20. The van der Waals surface area contributed by atoms with Gasteiger partial charge in [-0.15, -0.1) is 0 Å². The van der Waals surface area contributed by atoms with E-state index in [0.29, 0.717) is 13.1 Å². The lowest BCUT2D eigenvalue weighted by atomic mass is 10.2. The average molecular weight is 391 g/mol. The molecule has 5 nitrogen and oxygen atoms in total. The molecule has 0 aliphatic carbocycles. The molecule has 29 heavy (non-hydrogen) atoms. The zero-order chi connectivity index (χ0) is 20.1. The summed E-state index contributed by atoms with van der Waals surface area (Å²) in [5.74, 6) is 1.09. The number of fused-ring (bicyclic) bond motifs is 1. The number of hydrogen-bond donors (Lipinski definition) is 0. The first kappa shape index (κ1) is 19.6. The van der Waals surface area contributed by atoms with Crippen molar-refractivity contribution in [1.82, 2.24) is 14.5 Å². The van der Waals surface area contributed by atoms with Gasteiger partial charge in [0.15, 0.2) is 0 Å². The molecule has 4 rings (SSSR count). The molecule has 0 unspecified atom stereocenters. The van der Waals surface area contributed by atoms with Crippen LogP contribution in [0, 0.1) is 0 Å². The van der Waals surface area contributed by atoms with Gasteiger partial charge >= 0.3 is 0 Å². The second-order valence-corrected chi connectivity index (χ2v) is 7.77. The Labute approximate surface area is 172 Å². The van der Waals surface area contributed by atoms with Crippen LogP contribution in [0.25, 0.3) is 11.0 Å². The monoisotopic (exact) mass is 390 g/mol. The Balaban J connectivity index is 1.62. The number of para-hydroxylation sites is 3. The quantitative estimate of drug-likeness (QED) is 0.624. The fraction of sp³-hybridized carbons (Fsp3) is 0.417. The molecule has 2 heterocycles. The van der Waals surface area contributed by atoms with Crippen LogP contribution in [0.1, 0.15) is 38.4 Å². The second-order valence-electron chi connectivity index (χ2n) is 7.77. The number of likely N-dealkylation sites (N-methyl/N-ethyl adjacent to an activating group) is 1. The molecule has 1 saturated heterocycles. The summed E-state index contributed by atoms with van der Waals surface area (Å²) in [6.45, 7) is 6.02. The van der Waals surface area contributed by atoms with Gasteiger partial charge in [0.2, 0.25) is 5.91 Å². The third-order valence-corrected chi connectivity index (χ3v) is 5.78. The maximum Gasteiger partial charge on any atom is 0.246 e. The first-order chi connectivity index (χ1) is 14.3. The van der Waals surface area contributed by atoms with Crippen LogP contribution in [0.2, 0.25) is 0 Å². The molecule has 3 aromatic rings. The summed E-state index contributed by atoms with van der Waals surface area (Å²) < 4.78 is 2.12. The summed E-state index contributed by atoms with van der Waals surface area (Å²) in [7, 11) is 0. The van der Waals surface area contributed by atoms with Crippen molar-refractivity contribution >= 4 is 22.6 Å². The van der Waals surface area contributed by atoms with E-state index in [0.717, 1.165) is 42.2 Å². The van der Waals surface area contributed by atoms with Gasteiger partial charge in [-0.2, -0.15) is 0 Å².